The van der Waals surface area contributed by atoms with Crippen molar-refractivity contribution in [1.82, 2.24) is 9.13 Å². The molecule has 4 nitrogen and oxygen atoms in total. The summed E-state index contributed by atoms with van der Waals surface area (Å²) in [5, 5.41) is 12.2. The maximum atomic E-state index is 15.2. The van der Waals surface area contributed by atoms with E-state index in [0.717, 1.165) is 72.8 Å². The Balaban J connectivity index is 1.45. The molecule has 0 saturated heterocycles. The molecule has 12 aromatic rings. The average Bonchev–Trinajstić information content (AvgIpc) is 2.90. The third-order valence-corrected chi connectivity index (χ3v) is 14.4. The van der Waals surface area contributed by atoms with Gasteiger partial charge < -0.3 is 14.0 Å². The first-order valence-electron chi connectivity index (χ1n) is 24.9. The van der Waals surface area contributed by atoms with Crippen LogP contribution in [-0.2, 0) is 24.7 Å². The normalized spacial score (nSPS) is 12.4. The van der Waals surface area contributed by atoms with Gasteiger partial charge in [-0.1, -0.05) is 140 Å². The van der Waals surface area contributed by atoms with Crippen molar-refractivity contribution >= 4 is 60.7 Å². The van der Waals surface area contributed by atoms with E-state index >= 15 is 52.7 Å². The first-order chi connectivity index (χ1) is 38.7. The van der Waals surface area contributed by atoms with Gasteiger partial charge in [-0.25, -0.2) is 0 Å². The van der Waals surface area contributed by atoms with Crippen molar-refractivity contribution in [3.63, 3.8) is 0 Å². The number of fused-ring (bicyclic) bond motifs is 6. The molecule has 0 bridgehead atoms. The summed E-state index contributed by atoms with van der Waals surface area (Å²) in [6, 6.07) is 53.4. The second-order valence-corrected chi connectivity index (χ2v) is 19.2. The number of halogens is 12. The van der Waals surface area contributed by atoms with Gasteiger partial charge in [0.2, 0.25) is 0 Å². The maximum absolute atomic E-state index is 15.2. The second-order valence-electron chi connectivity index (χ2n) is 19.2. The third-order valence-electron chi connectivity index (χ3n) is 14.4. The Morgan fingerprint density at radius 3 is 0.938 bits per heavy atom. The van der Waals surface area contributed by atoms with Crippen molar-refractivity contribution in [1.29, 1.82) is 5.26 Å². The molecule has 0 unspecified atom stereocenters. The fourth-order valence-corrected chi connectivity index (χ4v) is 11.0. The standard InChI is InChI=1S/C65H36F12N4/c66-62(67,68)40-25-29-46-47-30-26-41(63(69,70)71)34-54(47)80(53(46)33-40)60-57(38-15-5-1-6-16-38)51(37-78)58(39-17-7-2-8-18-39)61(59(60)50-23-13-14-24-52(50)79(44-19-9-3-10-20-44)45-21-11-4-12-22-45)81-55-35-42(64(72,73)74)27-31-48(55)49-32-28-43(36-56(49)81)65(75,76)77/h1-36H. The predicted molar refractivity (Wildman–Crippen MR) is 291 cm³/mol. The average molecular weight is 1100 g/mol. The molecule has 0 aliphatic heterocycles. The molecule has 10 aromatic carbocycles. The number of benzene rings is 10. The van der Waals surface area contributed by atoms with Gasteiger partial charge in [0, 0.05) is 55.2 Å². The number of alkyl halides is 12. The minimum absolute atomic E-state index is 0.0360. The molecule has 0 N–H and O–H groups in total. The molecular formula is C65H36F12N4. The van der Waals surface area contributed by atoms with Crippen LogP contribution in [0.4, 0.5) is 69.7 Å². The van der Waals surface area contributed by atoms with Gasteiger partial charge in [-0.15, -0.1) is 0 Å². The Morgan fingerprint density at radius 1 is 0.333 bits per heavy atom. The highest BCUT2D eigenvalue weighted by molar-refractivity contribution is 6.16. The quantitative estimate of drug-likeness (QED) is 0.142. The summed E-state index contributed by atoms with van der Waals surface area (Å²) in [5.41, 5.74) is -5.17. The Bertz CT molecular complexity index is 4060. The van der Waals surface area contributed by atoms with E-state index in [1.807, 2.05) is 4.90 Å². The SMILES string of the molecule is N#Cc1c(-c2ccccc2)c(-n2c3cc(C(F)(F)F)ccc3c3ccc(C(F)(F)F)cc32)c(-c2ccccc2N(c2ccccc2)c2ccccc2)c(-n2c3cc(C(F)(F)F)ccc3c3ccc(C(F)(F)F)cc32)c1-c1ccccc1. The summed E-state index contributed by atoms with van der Waals surface area (Å²) >= 11 is 0. The number of hydrogen-bond acceptors (Lipinski definition) is 2. The minimum Gasteiger partial charge on any atom is -0.310 e. The smallest absolute Gasteiger partial charge is 0.310 e. The van der Waals surface area contributed by atoms with Crippen LogP contribution in [0.2, 0.25) is 0 Å². The van der Waals surface area contributed by atoms with E-state index in [-0.39, 0.29) is 99.6 Å². The zero-order valence-corrected chi connectivity index (χ0v) is 41.6. The fraction of sp³-hybridized carbons (Fsp3) is 0.0615. The molecule has 81 heavy (non-hydrogen) atoms. The number of para-hydroxylation sites is 3. The summed E-state index contributed by atoms with van der Waals surface area (Å²) in [5.74, 6) is 0. The third kappa shape index (κ3) is 8.95. The number of aromatic nitrogens is 2. The number of hydrogen-bond donors (Lipinski definition) is 0. The van der Waals surface area contributed by atoms with E-state index in [0.29, 0.717) is 11.4 Å². The first-order valence-corrected chi connectivity index (χ1v) is 24.9. The van der Waals surface area contributed by atoms with Crippen LogP contribution < -0.4 is 4.90 Å². The molecule has 0 spiro atoms. The lowest BCUT2D eigenvalue weighted by atomic mass is 9.83. The van der Waals surface area contributed by atoms with Crippen LogP contribution in [0.15, 0.2) is 218 Å². The first kappa shape index (κ1) is 52.0. The molecule has 12 rings (SSSR count). The van der Waals surface area contributed by atoms with E-state index < -0.39 is 47.0 Å². The van der Waals surface area contributed by atoms with Crippen molar-refractivity contribution in [3.8, 4) is 50.8 Å². The van der Waals surface area contributed by atoms with Gasteiger partial charge in [-0.3, -0.25) is 0 Å². The molecule has 16 heteroatoms. The van der Waals surface area contributed by atoms with Crippen molar-refractivity contribution in [2.24, 2.45) is 0 Å². The number of anilines is 3. The van der Waals surface area contributed by atoms with Crippen LogP contribution in [0.3, 0.4) is 0 Å². The van der Waals surface area contributed by atoms with Crippen molar-refractivity contribution in [2.75, 3.05) is 4.90 Å². The molecule has 0 amide bonds. The number of rotatable bonds is 8. The summed E-state index contributed by atoms with van der Waals surface area (Å²) in [6.07, 6.45) is -20.1. The molecule has 2 aromatic heterocycles. The van der Waals surface area contributed by atoms with Crippen molar-refractivity contribution in [2.45, 2.75) is 24.7 Å². The van der Waals surface area contributed by atoms with Crippen LogP contribution >= 0.6 is 0 Å². The van der Waals surface area contributed by atoms with Crippen LogP contribution in [0.1, 0.15) is 27.8 Å². The van der Waals surface area contributed by atoms with E-state index in [1.165, 1.54) is 9.13 Å². The summed E-state index contributed by atoms with van der Waals surface area (Å²) in [6.45, 7) is 0. The lowest BCUT2D eigenvalue weighted by Gasteiger charge is -2.32. The monoisotopic (exact) mass is 1100 g/mol. The minimum atomic E-state index is -5.04. The maximum Gasteiger partial charge on any atom is 0.416 e. The molecule has 0 aliphatic carbocycles. The Kier molecular flexibility index (Phi) is 12.4. The Hall–Kier alpha value is -9.75. The zero-order chi connectivity index (χ0) is 56.8. The van der Waals surface area contributed by atoms with E-state index in [9.17, 15) is 5.26 Å². The van der Waals surface area contributed by atoms with Crippen molar-refractivity contribution in [3.05, 3.63) is 246 Å². The molecule has 0 radical (unpaired) electrons. The topological polar surface area (TPSA) is 36.9 Å². The Morgan fingerprint density at radius 2 is 0.630 bits per heavy atom. The van der Waals surface area contributed by atoms with Gasteiger partial charge >= 0.3 is 24.7 Å². The van der Waals surface area contributed by atoms with E-state index in [1.54, 1.807) is 146 Å². The summed E-state index contributed by atoms with van der Waals surface area (Å²) < 4.78 is 185. The second kappa shape index (κ2) is 19.3. The summed E-state index contributed by atoms with van der Waals surface area (Å²) in [7, 11) is 0. The summed E-state index contributed by atoms with van der Waals surface area (Å²) in [4.78, 5) is 1.82. The molecule has 0 atom stereocenters. The lowest BCUT2D eigenvalue weighted by molar-refractivity contribution is -0.138. The molecule has 400 valence electrons. The molecular weight excluding hydrogens is 1060 g/mol. The van der Waals surface area contributed by atoms with Gasteiger partial charge in [-0.05, 0) is 90.0 Å². The van der Waals surface area contributed by atoms with Gasteiger partial charge in [0.15, 0.2) is 0 Å². The van der Waals surface area contributed by atoms with E-state index in [4.69, 9.17) is 0 Å². The molecule has 0 saturated carbocycles. The highest BCUT2D eigenvalue weighted by atomic mass is 19.4. The highest BCUT2D eigenvalue weighted by Gasteiger charge is 2.39. The lowest BCUT2D eigenvalue weighted by Crippen LogP contribution is -2.15. The molecule has 0 aliphatic rings. The van der Waals surface area contributed by atoms with Gasteiger partial charge in [0.1, 0.15) is 6.07 Å². The highest BCUT2D eigenvalue weighted by Crippen LogP contribution is 2.55. The van der Waals surface area contributed by atoms with Crippen LogP contribution in [0, 0.1) is 11.3 Å². The van der Waals surface area contributed by atoms with Crippen molar-refractivity contribution < 1.29 is 52.7 Å². The fourth-order valence-electron chi connectivity index (χ4n) is 11.0. The van der Waals surface area contributed by atoms with E-state index in [2.05, 4.69) is 6.07 Å². The van der Waals surface area contributed by atoms with Crippen LogP contribution in [0.5, 0.6) is 0 Å². The van der Waals surface area contributed by atoms with Crippen LogP contribution in [-0.4, -0.2) is 9.13 Å². The van der Waals surface area contributed by atoms with Gasteiger partial charge in [0.25, 0.3) is 0 Å². The zero-order valence-electron chi connectivity index (χ0n) is 41.6. The predicted octanol–water partition coefficient (Wildman–Crippen LogP) is 20.3. The number of nitriles is 1. The van der Waals surface area contributed by atoms with Gasteiger partial charge in [-0.2, -0.15) is 57.9 Å². The van der Waals surface area contributed by atoms with Gasteiger partial charge in [0.05, 0.1) is 66.9 Å². The van der Waals surface area contributed by atoms with Crippen LogP contribution in [0.25, 0.3) is 88.4 Å². The molecule has 2 heterocycles. The Labute approximate surface area is 452 Å². The molecule has 0 fully saturated rings. The number of nitrogens with zero attached hydrogens (tertiary/aromatic N) is 4. The largest absolute Gasteiger partial charge is 0.416 e.